The van der Waals surface area contributed by atoms with Crippen LogP contribution >= 0.6 is 35.6 Å². The van der Waals surface area contributed by atoms with E-state index in [-0.39, 0.29) is 0 Å². The Morgan fingerprint density at radius 2 is 1.84 bits per heavy atom. The molecule has 4 nitrogen and oxygen atoms in total. The van der Waals surface area contributed by atoms with Crippen LogP contribution in [-0.4, -0.2) is 31.6 Å². The van der Waals surface area contributed by atoms with Crippen LogP contribution in [0.2, 0.25) is 5.02 Å². The second-order valence-electron chi connectivity index (χ2n) is 5.11. The molecule has 0 saturated carbocycles. The second kappa shape index (κ2) is 10.4. The largest absolute Gasteiger partial charge is 0.495 e. The summed E-state index contributed by atoms with van der Waals surface area (Å²) >= 11 is 13.3. The average molecular weight is 397 g/mol. The summed E-state index contributed by atoms with van der Waals surface area (Å²) in [5.41, 5.74) is 2.03. The summed E-state index contributed by atoms with van der Waals surface area (Å²) in [5.74, 6) is 3.11. The van der Waals surface area contributed by atoms with Crippen molar-refractivity contribution in [1.82, 2.24) is 5.32 Å². The molecule has 0 aliphatic rings. The molecule has 2 aromatic rings. The maximum Gasteiger partial charge on any atom is 0.170 e. The van der Waals surface area contributed by atoms with E-state index in [1.54, 1.807) is 26.4 Å². The van der Waals surface area contributed by atoms with Crippen molar-refractivity contribution < 1.29 is 9.47 Å². The summed E-state index contributed by atoms with van der Waals surface area (Å²) < 4.78 is 10.6. The molecule has 2 rings (SSSR count). The molecule has 2 aromatic carbocycles. The Hall–Kier alpha value is -1.63. The van der Waals surface area contributed by atoms with Gasteiger partial charge in [0, 0.05) is 30.2 Å². The van der Waals surface area contributed by atoms with E-state index in [1.165, 1.54) is 5.56 Å². The predicted octanol–water partition coefficient (Wildman–Crippen LogP) is 4.58. The monoisotopic (exact) mass is 396 g/mol. The van der Waals surface area contributed by atoms with Gasteiger partial charge in [-0.25, -0.2) is 0 Å². The first-order valence-electron chi connectivity index (χ1n) is 7.72. The van der Waals surface area contributed by atoms with Crippen molar-refractivity contribution in [3.63, 3.8) is 0 Å². The quantitative estimate of drug-likeness (QED) is 0.503. The van der Waals surface area contributed by atoms with Crippen LogP contribution in [0.3, 0.4) is 0 Å². The molecule has 0 bridgehead atoms. The number of nitrogens with one attached hydrogen (secondary N) is 2. The van der Waals surface area contributed by atoms with Crippen LogP contribution in [0.15, 0.2) is 42.5 Å². The molecule has 7 heteroatoms. The van der Waals surface area contributed by atoms with Gasteiger partial charge in [-0.1, -0.05) is 41.9 Å². The highest BCUT2D eigenvalue weighted by Crippen LogP contribution is 2.35. The summed E-state index contributed by atoms with van der Waals surface area (Å²) in [6.07, 6.45) is 0. The second-order valence-corrected chi connectivity index (χ2v) is 7.03. The summed E-state index contributed by atoms with van der Waals surface area (Å²) in [4.78, 5) is 0. The zero-order valence-electron chi connectivity index (χ0n) is 14.2. The predicted molar refractivity (Wildman–Crippen MR) is 111 cm³/mol. The molecule has 0 fully saturated rings. The van der Waals surface area contributed by atoms with Crippen molar-refractivity contribution in [2.75, 3.05) is 31.8 Å². The lowest BCUT2D eigenvalue weighted by Crippen LogP contribution is -2.30. The zero-order chi connectivity index (χ0) is 18.1. The topological polar surface area (TPSA) is 42.5 Å². The lowest BCUT2D eigenvalue weighted by Gasteiger charge is -2.15. The molecule has 0 heterocycles. The van der Waals surface area contributed by atoms with Gasteiger partial charge in [0.15, 0.2) is 5.11 Å². The molecule has 134 valence electrons. The Kier molecular flexibility index (Phi) is 8.18. The van der Waals surface area contributed by atoms with E-state index in [4.69, 9.17) is 33.3 Å². The third kappa shape index (κ3) is 6.30. The van der Waals surface area contributed by atoms with Crippen LogP contribution in [0.5, 0.6) is 11.5 Å². The number of thioether (sulfide) groups is 1. The van der Waals surface area contributed by atoms with Gasteiger partial charge >= 0.3 is 0 Å². The molecule has 0 aliphatic heterocycles. The Morgan fingerprint density at radius 3 is 2.52 bits per heavy atom. The Balaban J connectivity index is 1.78. The molecule has 0 aromatic heterocycles. The fourth-order valence-corrected chi connectivity index (χ4v) is 3.39. The van der Waals surface area contributed by atoms with Crippen LogP contribution in [-0.2, 0) is 5.75 Å². The van der Waals surface area contributed by atoms with Crippen molar-refractivity contribution in [3.8, 4) is 11.5 Å². The van der Waals surface area contributed by atoms with E-state index in [1.807, 2.05) is 17.8 Å². The molecule has 0 amide bonds. The molecule has 2 N–H and O–H groups in total. The van der Waals surface area contributed by atoms with Crippen LogP contribution in [0.1, 0.15) is 5.56 Å². The van der Waals surface area contributed by atoms with Crippen molar-refractivity contribution in [3.05, 3.63) is 53.1 Å². The molecular weight excluding hydrogens is 376 g/mol. The summed E-state index contributed by atoms with van der Waals surface area (Å²) in [7, 11) is 3.15. The van der Waals surface area contributed by atoms with E-state index in [0.29, 0.717) is 27.3 Å². The van der Waals surface area contributed by atoms with Crippen LogP contribution < -0.4 is 20.1 Å². The van der Waals surface area contributed by atoms with Crippen molar-refractivity contribution >= 4 is 46.4 Å². The van der Waals surface area contributed by atoms with Crippen molar-refractivity contribution in [1.29, 1.82) is 0 Å². The number of hydrogen-bond donors (Lipinski definition) is 2. The highest BCUT2D eigenvalue weighted by Gasteiger charge is 2.11. The molecule has 0 saturated heterocycles. The number of hydrogen-bond acceptors (Lipinski definition) is 4. The molecular formula is C18H21ClN2O2S2. The zero-order valence-corrected chi connectivity index (χ0v) is 16.6. The highest BCUT2D eigenvalue weighted by molar-refractivity contribution is 7.98. The molecule has 0 unspecified atom stereocenters. The smallest absolute Gasteiger partial charge is 0.170 e. The normalized spacial score (nSPS) is 10.2. The third-order valence-electron chi connectivity index (χ3n) is 3.37. The minimum atomic E-state index is 0.487. The van der Waals surface area contributed by atoms with Gasteiger partial charge in [0.1, 0.15) is 11.5 Å². The van der Waals surface area contributed by atoms with Crippen LogP contribution in [0.25, 0.3) is 0 Å². The van der Waals surface area contributed by atoms with Gasteiger partial charge in [0.25, 0.3) is 0 Å². The number of benzene rings is 2. The minimum Gasteiger partial charge on any atom is -0.495 e. The number of rotatable bonds is 8. The van der Waals surface area contributed by atoms with Gasteiger partial charge in [-0.15, -0.1) is 0 Å². The maximum atomic E-state index is 6.10. The Bertz CT molecular complexity index is 699. The molecule has 0 aliphatic carbocycles. The lowest BCUT2D eigenvalue weighted by atomic mass is 10.2. The number of anilines is 1. The minimum absolute atomic E-state index is 0.487. The van der Waals surface area contributed by atoms with Gasteiger partial charge in [-0.3, -0.25) is 0 Å². The number of methoxy groups -OCH3 is 2. The van der Waals surface area contributed by atoms with Crippen LogP contribution in [0.4, 0.5) is 5.69 Å². The van der Waals surface area contributed by atoms with Crippen LogP contribution in [0, 0.1) is 0 Å². The Morgan fingerprint density at radius 1 is 1.12 bits per heavy atom. The van der Waals surface area contributed by atoms with Gasteiger partial charge in [0.05, 0.1) is 24.9 Å². The fourth-order valence-electron chi connectivity index (χ4n) is 2.13. The lowest BCUT2D eigenvalue weighted by molar-refractivity contribution is 0.405. The summed E-state index contributed by atoms with van der Waals surface area (Å²) in [5, 5.41) is 7.33. The highest BCUT2D eigenvalue weighted by atomic mass is 35.5. The Labute approximate surface area is 163 Å². The summed E-state index contributed by atoms with van der Waals surface area (Å²) in [6.45, 7) is 0.774. The molecule has 0 atom stereocenters. The fraction of sp³-hybridized carbons (Fsp3) is 0.278. The summed E-state index contributed by atoms with van der Waals surface area (Å²) in [6, 6.07) is 13.9. The first kappa shape index (κ1) is 19.7. The van der Waals surface area contributed by atoms with E-state index >= 15 is 0 Å². The number of halogens is 1. The van der Waals surface area contributed by atoms with E-state index in [2.05, 4.69) is 34.9 Å². The average Bonchev–Trinajstić information content (AvgIpc) is 2.63. The van der Waals surface area contributed by atoms with Crippen molar-refractivity contribution in [2.24, 2.45) is 0 Å². The standard InChI is InChI=1S/C18H21ClN2O2S2/c1-22-16-11-15(17(23-2)10-14(16)19)21-18(24)20-8-9-25-12-13-6-4-3-5-7-13/h3-7,10-11H,8-9,12H2,1-2H3,(H2,20,21,24). The van der Waals surface area contributed by atoms with Crippen molar-refractivity contribution in [2.45, 2.75) is 5.75 Å². The first-order valence-corrected chi connectivity index (χ1v) is 9.66. The van der Waals surface area contributed by atoms with E-state index in [0.717, 1.165) is 18.1 Å². The first-order chi connectivity index (χ1) is 12.1. The molecule has 25 heavy (non-hydrogen) atoms. The third-order valence-corrected chi connectivity index (χ3v) is 4.94. The van der Waals surface area contributed by atoms with Gasteiger partial charge in [0.2, 0.25) is 0 Å². The van der Waals surface area contributed by atoms with Gasteiger partial charge in [-0.2, -0.15) is 11.8 Å². The number of ether oxygens (including phenoxy) is 2. The number of thiocarbonyl (C=S) groups is 1. The van der Waals surface area contributed by atoms with Gasteiger partial charge in [-0.05, 0) is 17.8 Å². The van der Waals surface area contributed by atoms with E-state index in [9.17, 15) is 0 Å². The molecule has 0 spiro atoms. The van der Waals surface area contributed by atoms with Gasteiger partial charge < -0.3 is 20.1 Å². The van der Waals surface area contributed by atoms with E-state index < -0.39 is 0 Å². The maximum absolute atomic E-state index is 6.10. The SMILES string of the molecule is COc1cc(NC(=S)NCCSCc2ccccc2)c(OC)cc1Cl. The molecule has 0 radical (unpaired) electrons.